The van der Waals surface area contributed by atoms with Gasteiger partial charge in [-0.15, -0.1) is 0 Å². The van der Waals surface area contributed by atoms with Crippen molar-refractivity contribution in [2.75, 3.05) is 31.9 Å². The summed E-state index contributed by atoms with van der Waals surface area (Å²) in [7, 11) is 1.55. The number of fused-ring (bicyclic) bond motifs is 4. The van der Waals surface area contributed by atoms with Crippen LogP contribution in [0.1, 0.15) is 51.7 Å². The van der Waals surface area contributed by atoms with Gasteiger partial charge in [0, 0.05) is 32.0 Å². The zero-order chi connectivity index (χ0) is 35.0. The first-order chi connectivity index (χ1) is 24.1. The molecule has 2 aromatic heterocycles. The summed E-state index contributed by atoms with van der Waals surface area (Å²) in [6.07, 6.45) is 3.77. The van der Waals surface area contributed by atoms with Crippen molar-refractivity contribution in [1.29, 1.82) is 0 Å². The molecule has 0 spiro atoms. The quantitative estimate of drug-likeness (QED) is 0.145. The van der Waals surface area contributed by atoms with Gasteiger partial charge in [0.2, 0.25) is 0 Å². The molecule has 2 saturated heterocycles. The number of anilines is 1. The largest absolute Gasteiger partial charge is 0.468 e. The van der Waals surface area contributed by atoms with E-state index in [9.17, 15) is 4.79 Å². The molecule has 1 amide bonds. The third kappa shape index (κ3) is 6.61. The fraction of sp³-hybridized carbons (Fsp3) is 0.385. The predicted molar refractivity (Wildman–Crippen MR) is 190 cm³/mol. The first-order valence-corrected chi connectivity index (χ1v) is 17.1. The van der Waals surface area contributed by atoms with E-state index in [2.05, 4.69) is 16.8 Å². The Hall–Kier alpha value is -5.03. The van der Waals surface area contributed by atoms with Crippen LogP contribution in [0.15, 0.2) is 66.9 Å². The fourth-order valence-electron chi connectivity index (χ4n) is 7.10. The number of hydrogen-bond donors (Lipinski definition) is 0. The SMILES string of the molecule is CCc1cccc2cc(OCOC)cc(-c3ncc4c(N5CC6CCC(C5)N6C(=O)OC(C)(C)C)nc(OCc5ccccc5)nc4c3F)c12. The number of halogens is 1. The highest BCUT2D eigenvalue weighted by molar-refractivity contribution is 6.01. The van der Waals surface area contributed by atoms with Crippen molar-refractivity contribution in [2.24, 2.45) is 0 Å². The fourth-order valence-corrected chi connectivity index (χ4v) is 7.10. The third-order valence-electron chi connectivity index (χ3n) is 9.26. The second-order valence-corrected chi connectivity index (χ2v) is 13.9. The predicted octanol–water partition coefficient (Wildman–Crippen LogP) is 7.70. The summed E-state index contributed by atoms with van der Waals surface area (Å²) in [6, 6.07) is 19.4. The second-order valence-electron chi connectivity index (χ2n) is 13.9. The molecule has 0 aliphatic carbocycles. The molecular formula is C39H42FN5O5. The summed E-state index contributed by atoms with van der Waals surface area (Å²) in [5.41, 5.74) is 2.26. The Balaban J connectivity index is 1.33. The minimum absolute atomic E-state index is 0.0495. The number of aryl methyl sites for hydroxylation is 1. The number of carbonyl (C=O) groups is 1. The molecule has 0 saturated carbocycles. The lowest BCUT2D eigenvalue weighted by Crippen LogP contribution is -2.57. The van der Waals surface area contributed by atoms with E-state index >= 15 is 4.39 Å². The van der Waals surface area contributed by atoms with Gasteiger partial charge < -0.3 is 23.8 Å². The number of nitrogens with zero attached hydrogens (tertiary/aromatic N) is 5. The number of aromatic nitrogens is 3. The van der Waals surface area contributed by atoms with E-state index < -0.39 is 11.4 Å². The minimum Gasteiger partial charge on any atom is -0.468 e. The van der Waals surface area contributed by atoms with Crippen molar-refractivity contribution < 1.29 is 28.1 Å². The van der Waals surface area contributed by atoms with E-state index in [1.54, 1.807) is 19.4 Å². The van der Waals surface area contributed by atoms with E-state index in [1.165, 1.54) is 0 Å². The van der Waals surface area contributed by atoms with Crippen LogP contribution in [0.5, 0.6) is 11.8 Å². The molecule has 7 rings (SSSR count). The Labute approximate surface area is 291 Å². The van der Waals surface area contributed by atoms with Crippen molar-refractivity contribution in [3.05, 3.63) is 83.8 Å². The molecular weight excluding hydrogens is 637 g/mol. The van der Waals surface area contributed by atoms with Gasteiger partial charge in [0.05, 0.1) is 17.5 Å². The zero-order valence-electron chi connectivity index (χ0n) is 29.1. The van der Waals surface area contributed by atoms with Crippen LogP contribution in [-0.2, 0) is 22.5 Å². The topological polar surface area (TPSA) is 99.1 Å². The van der Waals surface area contributed by atoms with Crippen LogP contribution >= 0.6 is 0 Å². The highest BCUT2D eigenvalue weighted by atomic mass is 19.1. The maximum Gasteiger partial charge on any atom is 0.410 e. The first kappa shape index (κ1) is 33.5. The Kier molecular flexibility index (Phi) is 9.17. The van der Waals surface area contributed by atoms with E-state index in [0.29, 0.717) is 35.6 Å². The van der Waals surface area contributed by atoms with Gasteiger partial charge in [0.1, 0.15) is 35.0 Å². The molecule has 11 heteroatoms. The summed E-state index contributed by atoms with van der Waals surface area (Å²) in [5.74, 6) is 0.479. The minimum atomic E-state index is -0.596. The van der Waals surface area contributed by atoms with Crippen LogP contribution in [-0.4, -0.2) is 70.6 Å². The Morgan fingerprint density at radius 1 is 0.980 bits per heavy atom. The Morgan fingerprint density at radius 2 is 1.74 bits per heavy atom. The number of methoxy groups -OCH3 is 1. The van der Waals surface area contributed by atoms with Gasteiger partial charge in [0.25, 0.3) is 0 Å². The molecule has 4 heterocycles. The molecule has 2 atom stereocenters. The molecule has 50 heavy (non-hydrogen) atoms. The number of piperazine rings is 1. The first-order valence-electron chi connectivity index (χ1n) is 17.1. The van der Waals surface area contributed by atoms with E-state index in [-0.39, 0.29) is 48.8 Å². The summed E-state index contributed by atoms with van der Waals surface area (Å²) in [6.45, 7) is 8.97. The van der Waals surface area contributed by atoms with E-state index in [1.807, 2.05) is 80.3 Å². The molecule has 2 bridgehead atoms. The molecule has 2 fully saturated rings. The van der Waals surface area contributed by atoms with Gasteiger partial charge >= 0.3 is 12.1 Å². The molecule has 0 N–H and O–H groups in total. The molecule has 3 aromatic carbocycles. The standard InChI is InChI=1S/C39H42FN5O5/c1-6-25-13-10-14-26-17-29(49-23-47-5)18-30(32(25)26)34-33(40)35-31(19-41-34)36(43-37(42-35)48-22-24-11-8-7-9-12-24)44-20-27-15-16-28(21-44)45(27)38(46)50-39(2,3)4/h7-14,17-19,27-28H,6,15-16,20-23H2,1-5H3. The maximum atomic E-state index is 17.1. The number of benzene rings is 3. The summed E-state index contributed by atoms with van der Waals surface area (Å²) in [4.78, 5) is 31.4. The Morgan fingerprint density at radius 3 is 2.44 bits per heavy atom. The van der Waals surface area contributed by atoms with Gasteiger partial charge in [-0.05, 0) is 74.1 Å². The number of ether oxygens (including phenoxy) is 4. The van der Waals surface area contributed by atoms with Crippen molar-refractivity contribution in [2.45, 2.75) is 71.2 Å². The number of hydrogen-bond acceptors (Lipinski definition) is 9. The number of amides is 1. The van der Waals surface area contributed by atoms with Gasteiger partial charge in [0.15, 0.2) is 12.6 Å². The molecule has 5 aromatic rings. The lowest BCUT2D eigenvalue weighted by atomic mass is 9.95. The van der Waals surface area contributed by atoms with Crippen LogP contribution in [0.3, 0.4) is 0 Å². The molecule has 10 nitrogen and oxygen atoms in total. The normalized spacial score (nSPS) is 17.4. The van der Waals surface area contributed by atoms with Crippen LogP contribution < -0.4 is 14.4 Å². The van der Waals surface area contributed by atoms with Crippen LogP contribution in [0.2, 0.25) is 0 Å². The number of pyridine rings is 1. The Bertz CT molecular complexity index is 2020. The molecule has 260 valence electrons. The highest BCUT2D eigenvalue weighted by Crippen LogP contribution is 2.40. The van der Waals surface area contributed by atoms with Gasteiger partial charge in [-0.25, -0.2) is 9.18 Å². The van der Waals surface area contributed by atoms with Gasteiger partial charge in [-0.3, -0.25) is 9.88 Å². The summed E-state index contributed by atoms with van der Waals surface area (Å²) < 4.78 is 40.0. The van der Waals surface area contributed by atoms with Crippen molar-refractivity contribution in [3.8, 4) is 23.0 Å². The lowest BCUT2D eigenvalue weighted by molar-refractivity contribution is 0.0122. The van der Waals surface area contributed by atoms with Crippen LogP contribution in [0.4, 0.5) is 15.0 Å². The molecule has 2 unspecified atom stereocenters. The average Bonchev–Trinajstić information content (AvgIpc) is 3.38. The van der Waals surface area contributed by atoms with Gasteiger partial charge in [-0.1, -0.05) is 55.5 Å². The average molecular weight is 680 g/mol. The molecule has 0 radical (unpaired) electrons. The van der Waals surface area contributed by atoms with E-state index in [4.69, 9.17) is 28.9 Å². The lowest BCUT2D eigenvalue weighted by Gasteiger charge is -2.42. The summed E-state index contributed by atoms with van der Waals surface area (Å²) >= 11 is 0. The van der Waals surface area contributed by atoms with Crippen LogP contribution in [0, 0.1) is 5.82 Å². The van der Waals surface area contributed by atoms with Crippen LogP contribution in [0.25, 0.3) is 32.9 Å². The maximum absolute atomic E-state index is 17.1. The van der Waals surface area contributed by atoms with Gasteiger partial charge in [-0.2, -0.15) is 9.97 Å². The molecule has 2 aliphatic heterocycles. The number of rotatable bonds is 9. The summed E-state index contributed by atoms with van der Waals surface area (Å²) in [5, 5.41) is 2.27. The molecule has 2 aliphatic rings. The highest BCUT2D eigenvalue weighted by Gasteiger charge is 2.45. The monoisotopic (exact) mass is 679 g/mol. The smallest absolute Gasteiger partial charge is 0.410 e. The third-order valence-corrected chi connectivity index (χ3v) is 9.26. The zero-order valence-corrected chi connectivity index (χ0v) is 29.1. The van der Waals surface area contributed by atoms with Crippen molar-refractivity contribution in [3.63, 3.8) is 0 Å². The van der Waals surface area contributed by atoms with Crippen molar-refractivity contribution in [1.82, 2.24) is 19.9 Å². The number of carbonyl (C=O) groups excluding carboxylic acids is 1. The van der Waals surface area contributed by atoms with Crippen molar-refractivity contribution >= 4 is 33.6 Å². The van der Waals surface area contributed by atoms with E-state index in [0.717, 1.165) is 41.2 Å². The second kappa shape index (κ2) is 13.7.